The van der Waals surface area contributed by atoms with Crippen LogP contribution in [0, 0.1) is 12.7 Å². The first-order valence-corrected chi connectivity index (χ1v) is 10.9. The van der Waals surface area contributed by atoms with Gasteiger partial charge in [0.05, 0.1) is 18.5 Å². The molecule has 10 heteroatoms. The molecule has 3 rings (SSSR count). The van der Waals surface area contributed by atoms with E-state index in [1.54, 1.807) is 16.4 Å². The Labute approximate surface area is 199 Å². The van der Waals surface area contributed by atoms with Gasteiger partial charge in [0.2, 0.25) is 0 Å². The Balaban J connectivity index is 2.17. The number of nitrogens with one attached hydrogen (secondary N) is 2. The summed E-state index contributed by atoms with van der Waals surface area (Å²) in [6, 6.07) is 7.69. The van der Waals surface area contributed by atoms with Crippen molar-refractivity contribution in [3.8, 4) is 0 Å². The number of aromatic nitrogens is 1. The molecule has 0 radical (unpaired) electrons. The minimum absolute atomic E-state index is 0.0870. The van der Waals surface area contributed by atoms with Gasteiger partial charge in [-0.05, 0) is 58.2 Å². The lowest BCUT2D eigenvalue weighted by molar-refractivity contribution is -0.220. The zero-order valence-electron chi connectivity index (χ0n) is 17.6. The third-order valence-corrected chi connectivity index (χ3v) is 5.85. The molecule has 1 aromatic carbocycles. The lowest BCUT2D eigenvalue weighted by Gasteiger charge is -2.46. The van der Waals surface area contributed by atoms with E-state index < -0.39 is 22.9 Å². The summed E-state index contributed by atoms with van der Waals surface area (Å²) in [5.74, 6) is -4.29. The van der Waals surface area contributed by atoms with E-state index in [0.29, 0.717) is 11.4 Å². The molecule has 0 aliphatic carbocycles. The fourth-order valence-electron chi connectivity index (χ4n) is 3.63. The summed E-state index contributed by atoms with van der Waals surface area (Å²) in [7, 11) is 1.64. The second-order valence-corrected chi connectivity index (χ2v) is 10.2. The van der Waals surface area contributed by atoms with Gasteiger partial charge in [-0.15, -0.1) is 0 Å². The van der Waals surface area contributed by atoms with E-state index in [-0.39, 0.29) is 23.7 Å². The van der Waals surface area contributed by atoms with Crippen LogP contribution in [0.2, 0.25) is 0 Å². The molecular weight excluding hydrogens is 540 g/mol. The molecule has 2 aromatic rings. The van der Waals surface area contributed by atoms with Crippen molar-refractivity contribution < 1.29 is 17.9 Å². The minimum Gasteiger partial charge on any atom is -0.362 e. The first-order valence-electron chi connectivity index (χ1n) is 9.57. The van der Waals surface area contributed by atoms with Crippen LogP contribution >= 0.6 is 35.1 Å². The molecule has 168 valence electrons. The van der Waals surface area contributed by atoms with Gasteiger partial charge < -0.3 is 15.4 Å². The van der Waals surface area contributed by atoms with Crippen LogP contribution < -0.4 is 10.6 Å². The zero-order valence-corrected chi connectivity index (χ0v) is 20.6. The normalized spacial score (nSPS) is 22.7. The van der Waals surface area contributed by atoms with Gasteiger partial charge in [0.15, 0.2) is 0 Å². The Morgan fingerprint density at radius 3 is 2.55 bits per heavy atom. The number of rotatable bonds is 5. The van der Waals surface area contributed by atoms with E-state index in [0.717, 1.165) is 5.69 Å². The number of thiocarbonyl (C=S) groups is 1. The summed E-state index contributed by atoms with van der Waals surface area (Å²) in [5.41, 5.74) is -2.32. The molecule has 5 nitrogen and oxygen atoms in total. The van der Waals surface area contributed by atoms with E-state index in [4.69, 9.17) is 17.0 Å². The van der Waals surface area contributed by atoms with Gasteiger partial charge in [0, 0.05) is 46.4 Å². The number of likely N-dealkylation sites (N-methyl/N-ethyl adjacent to an activating group) is 1. The van der Waals surface area contributed by atoms with Crippen molar-refractivity contribution in [3.63, 3.8) is 0 Å². The van der Waals surface area contributed by atoms with Gasteiger partial charge in [0.1, 0.15) is 21.9 Å². The van der Waals surface area contributed by atoms with Gasteiger partial charge in [-0.3, -0.25) is 4.98 Å². The van der Waals surface area contributed by atoms with E-state index in [2.05, 4.69) is 15.6 Å². The second kappa shape index (κ2) is 8.80. The standard InChI is InChI=1S/C21H24F3IN4OS/c1-13-5-6-15(10-26-13)27-14-7-8-17(22)16(9-14)20(12-29(4)25)21(23,24)19(2,3)30-11-18(31)28-20/h5-10,27H,11-12H2,1-4H3,(H,28,31)/t20-/m1/s1. The molecule has 2 heterocycles. The predicted molar refractivity (Wildman–Crippen MR) is 128 cm³/mol. The van der Waals surface area contributed by atoms with Crippen LogP contribution in [0.5, 0.6) is 0 Å². The number of hydrogen-bond donors (Lipinski definition) is 2. The number of benzene rings is 1. The number of anilines is 2. The zero-order chi connectivity index (χ0) is 23.0. The summed E-state index contributed by atoms with van der Waals surface area (Å²) < 4.78 is 54.3. The second-order valence-electron chi connectivity index (χ2n) is 8.10. The summed E-state index contributed by atoms with van der Waals surface area (Å²) in [5, 5.41) is 5.86. The van der Waals surface area contributed by atoms with Crippen molar-refractivity contribution in [1.82, 2.24) is 13.4 Å². The Hall–Kier alpha value is -1.50. The van der Waals surface area contributed by atoms with Crippen molar-refractivity contribution in [2.24, 2.45) is 0 Å². The van der Waals surface area contributed by atoms with Gasteiger partial charge in [-0.1, -0.05) is 12.2 Å². The summed E-state index contributed by atoms with van der Waals surface area (Å²) >= 11 is 7.16. The fraction of sp³-hybridized carbons (Fsp3) is 0.429. The quantitative estimate of drug-likeness (QED) is 0.299. The highest BCUT2D eigenvalue weighted by Gasteiger charge is 2.66. The Bertz CT molecular complexity index is 972. The maximum absolute atomic E-state index is 16.1. The van der Waals surface area contributed by atoms with Crippen LogP contribution in [0.25, 0.3) is 0 Å². The lowest BCUT2D eigenvalue weighted by Crippen LogP contribution is -2.67. The lowest BCUT2D eigenvalue weighted by atomic mass is 9.76. The molecule has 0 amide bonds. The van der Waals surface area contributed by atoms with E-state index in [1.807, 2.05) is 41.9 Å². The molecule has 0 unspecified atom stereocenters. The maximum atomic E-state index is 16.1. The molecule has 2 N–H and O–H groups in total. The highest BCUT2D eigenvalue weighted by molar-refractivity contribution is 14.1. The van der Waals surface area contributed by atoms with Crippen LogP contribution in [-0.2, 0) is 10.3 Å². The molecule has 1 fully saturated rings. The number of halogens is 4. The van der Waals surface area contributed by atoms with Gasteiger partial charge >= 0.3 is 5.92 Å². The predicted octanol–water partition coefficient (Wildman–Crippen LogP) is 5.11. The third-order valence-electron chi connectivity index (χ3n) is 5.29. The number of hydrogen-bond acceptors (Lipinski definition) is 5. The number of ether oxygens (including phenoxy) is 1. The molecule has 1 aliphatic rings. The molecule has 31 heavy (non-hydrogen) atoms. The van der Waals surface area contributed by atoms with Crippen LogP contribution in [-0.4, -0.2) is 44.8 Å². The molecule has 1 aromatic heterocycles. The van der Waals surface area contributed by atoms with Gasteiger partial charge in [-0.25, -0.2) is 16.3 Å². The number of nitrogens with zero attached hydrogens (tertiary/aromatic N) is 2. The summed E-state index contributed by atoms with van der Waals surface area (Å²) in [6.45, 7) is 4.04. The van der Waals surface area contributed by atoms with Gasteiger partial charge in [0.25, 0.3) is 0 Å². The Kier molecular flexibility index (Phi) is 6.85. The number of aryl methyl sites for hydroxylation is 1. The van der Waals surface area contributed by atoms with Crippen molar-refractivity contribution >= 4 is 51.4 Å². The molecule has 0 bridgehead atoms. The van der Waals surface area contributed by atoms with E-state index >= 15 is 13.2 Å². The summed E-state index contributed by atoms with van der Waals surface area (Å²) in [6.07, 6.45) is 1.62. The first-order chi connectivity index (χ1) is 14.4. The average molecular weight is 564 g/mol. The average Bonchev–Trinajstić information content (AvgIpc) is 2.74. The van der Waals surface area contributed by atoms with Crippen molar-refractivity contribution in [2.45, 2.75) is 37.8 Å². The Morgan fingerprint density at radius 2 is 1.94 bits per heavy atom. The van der Waals surface area contributed by atoms with E-state index in [1.165, 1.54) is 32.0 Å². The first kappa shape index (κ1) is 24.1. The number of alkyl halides is 2. The van der Waals surface area contributed by atoms with Crippen molar-refractivity contribution in [1.29, 1.82) is 0 Å². The van der Waals surface area contributed by atoms with Crippen LogP contribution in [0.15, 0.2) is 36.5 Å². The van der Waals surface area contributed by atoms with Crippen molar-refractivity contribution in [3.05, 3.63) is 53.6 Å². The molecule has 0 saturated carbocycles. The topological polar surface area (TPSA) is 49.4 Å². The van der Waals surface area contributed by atoms with Crippen molar-refractivity contribution in [2.75, 3.05) is 25.5 Å². The van der Waals surface area contributed by atoms with E-state index in [9.17, 15) is 0 Å². The van der Waals surface area contributed by atoms with Gasteiger partial charge in [-0.2, -0.15) is 0 Å². The monoisotopic (exact) mass is 564 g/mol. The van der Waals surface area contributed by atoms with Crippen LogP contribution in [0.3, 0.4) is 0 Å². The SMILES string of the molecule is Cc1ccc(Nc2ccc(F)c([C@@]3(CN(C)I)NC(=S)COC(C)(C)C3(F)F)c2)cn1. The maximum Gasteiger partial charge on any atom is 0.303 e. The number of pyridine rings is 1. The van der Waals surface area contributed by atoms with Crippen LogP contribution in [0.1, 0.15) is 25.1 Å². The molecule has 1 saturated heterocycles. The molecule has 1 atom stereocenters. The highest BCUT2D eigenvalue weighted by atomic mass is 127. The summed E-state index contributed by atoms with van der Waals surface area (Å²) in [4.78, 5) is 4.30. The minimum atomic E-state index is -3.52. The molecular formula is C21H24F3IN4OS. The largest absolute Gasteiger partial charge is 0.362 e. The van der Waals surface area contributed by atoms with Crippen LogP contribution in [0.4, 0.5) is 24.5 Å². The smallest absolute Gasteiger partial charge is 0.303 e. The third kappa shape index (κ3) is 4.67. The fourth-order valence-corrected chi connectivity index (χ4v) is 4.37. The Morgan fingerprint density at radius 1 is 1.26 bits per heavy atom. The molecule has 0 spiro atoms. The molecule has 1 aliphatic heterocycles. The highest BCUT2D eigenvalue weighted by Crippen LogP contribution is 2.49.